The summed E-state index contributed by atoms with van der Waals surface area (Å²) in [5.41, 5.74) is 1.04. The zero-order valence-electron chi connectivity index (χ0n) is 21.7. The molecule has 0 aromatic heterocycles. The standard InChI is InChI=1S/C27H35N3O7/c1-5-35-24(32)17-28-23(31)16-29-25(33)22(30-26(34)37-27(2,3)4)15-19-11-13-21(14-12-19)36-18-20-9-7-6-8-10-20/h6-14,22H,5,15-18H2,1-4H3,(H,28,31)(H,29,33)(H,30,34)/t22-/m0/s1. The third-order valence-corrected chi connectivity index (χ3v) is 4.78. The fraction of sp³-hybridized carbons (Fsp3) is 0.407. The van der Waals surface area contributed by atoms with Gasteiger partial charge in [0, 0.05) is 6.42 Å². The van der Waals surface area contributed by atoms with E-state index in [2.05, 4.69) is 16.0 Å². The van der Waals surface area contributed by atoms with Gasteiger partial charge in [-0.05, 0) is 51.0 Å². The van der Waals surface area contributed by atoms with Crippen LogP contribution in [0.5, 0.6) is 5.75 Å². The molecular weight excluding hydrogens is 478 g/mol. The van der Waals surface area contributed by atoms with Gasteiger partial charge in [-0.25, -0.2) is 4.79 Å². The van der Waals surface area contributed by atoms with Gasteiger partial charge in [0.15, 0.2) is 0 Å². The van der Waals surface area contributed by atoms with Crippen molar-refractivity contribution in [2.45, 2.75) is 52.4 Å². The van der Waals surface area contributed by atoms with E-state index in [0.717, 1.165) is 11.1 Å². The molecule has 0 unspecified atom stereocenters. The summed E-state index contributed by atoms with van der Waals surface area (Å²) in [7, 11) is 0. The second-order valence-corrected chi connectivity index (χ2v) is 9.12. The molecule has 2 aromatic carbocycles. The Hall–Kier alpha value is -4.08. The lowest BCUT2D eigenvalue weighted by Crippen LogP contribution is -2.51. The highest BCUT2D eigenvalue weighted by Gasteiger charge is 2.25. The summed E-state index contributed by atoms with van der Waals surface area (Å²) >= 11 is 0. The van der Waals surface area contributed by atoms with Crippen molar-refractivity contribution in [3.63, 3.8) is 0 Å². The predicted octanol–water partition coefficient (Wildman–Crippen LogP) is 2.50. The molecule has 0 spiro atoms. The number of ether oxygens (including phenoxy) is 3. The molecule has 0 heterocycles. The van der Waals surface area contributed by atoms with Gasteiger partial charge in [0.1, 0.15) is 30.5 Å². The number of esters is 1. The SMILES string of the molecule is CCOC(=O)CNC(=O)CNC(=O)[C@H](Cc1ccc(OCc2ccccc2)cc1)NC(=O)OC(C)(C)C. The normalized spacial score (nSPS) is 11.6. The van der Waals surface area contributed by atoms with E-state index in [-0.39, 0.29) is 26.1 Å². The molecule has 0 aliphatic carbocycles. The van der Waals surface area contributed by atoms with Crippen LogP contribution in [-0.4, -0.2) is 55.2 Å². The Balaban J connectivity index is 1.98. The second-order valence-electron chi connectivity index (χ2n) is 9.12. The van der Waals surface area contributed by atoms with Gasteiger partial charge in [0.25, 0.3) is 0 Å². The molecule has 10 heteroatoms. The molecule has 0 fully saturated rings. The Bertz CT molecular complexity index is 1030. The van der Waals surface area contributed by atoms with Crippen LogP contribution >= 0.6 is 0 Å². The van der Waals surface area contributed by atoms with E-state index in [1.165, 1.54) is 0 Å². The maximum Gasteiger partial charge on any atom is 0.408 e. The highest BCUT2D eigenvalue weighted by Crippen LogP contribution is 2.16. The molecule has 3 amide bonds. The molecule has 3 N–H and O–H groups in total. The van der Waals surface area contributed by atoms with E-state index in [1.807, 2.05) is 30.3 Å². The smallest absolute Gasteiger partial charge is 0.408 e. The quantitative estimate of drug-likeness (QED) is 0.372. The number of hydrogen-bond acceptors (Lipinski definition) is 7. The maximum absolute atomic E-state index is 12.8. The molecule has 0 radical (unpaired) electrons. The third-order valence-electron chi connectivity index (χ3n) is 4.78. The van der Waals surface area contributed by atoms with Crippen molar-refractivity contribution in [2.24, 2.45) is 0 Å². The van der Waals surface area contributed by atoms with Crippen LogP contribution in [0, 0.1) is 0 Å². The molecule has 0 saturated carbocycles. The number of carbonyl (C=O) groups excluding carboxylic acids is 4. The van der Waals surface area contributed by atoms with Crippen LogP contribution in [0.4, 0.5) is 4.79 Å². The number of nitrogens with one attached hydrogen (secondary N) is 3. The molecule has 37 heavy (non-hydrogen) atoms. The molecule has 1 atom stereocenters. The Morgan fingerprint density at radius 2 is 1.54 bits per heavy atom. The average Bonchev–Trinajstić information content (AvgIpc) is 2.85. The lowest BCUT2D eigenvalue weighted by atomic mass is 10.1. The van der Waals surface area contributed by atoms with Crippen LogP contribution in [0.1, 0.15) is 38.8 Å². The highest BCUT2D eigenvalue weighted by molar-refractivity contribution is 5.90. The Kier molecular flexibility index (Phi) is 11.4. The number of hydrogen-bond donors (Lipinski definition) is 3. The molecule has 200 valence electrons. The van der Waals surface area contributed by atoms with Crippen molar-refractivity contribution in [3.05, 3.63) is 65.7 Å². The van der Waals surface area contributed by atoms with Gasteiger partial charge in [0.2, 0.25) is 11.8 Å². The second kappa shape index (κ2) is 14.5. The summed E-state index contributed by atoms with van der Waals surface area (Å²) in [6, 6.07) is 15.9. The number of carbonyl (C=O) groups is 4. The molecule has 0 bridgehead atoms. The van der Waals surface area contributed by atoms with Crippen LogP contribution in [-0.2, 0) is 36.9 Å². The Labute approximate surface area is 217 Å². The van der Waals surface area contributed by atoms with Crippen molar-refractivity contribution in [1.29, 1.82) is 0 Å². The van der Waals surface area contributed by atoms with E-state index in [9.17, 15) is 19.2 Å². The summed E-state index contributed by atoms with van der Waals surface area (Å²) < 4.78 is 15.8. The number of alkyl carbamates (subject to hydrolysis) is 1. The van der Waals surface area contributed by atoms with Gasteiger partial charge in [-0.2, -0.15) is 0 Å². The summed E-state index contributed by atoms with van der Waals surface area (Å²) in [4.78, 5) is 48.6. The molecular formula is C27H35N3O7. The van der Waals surface area contributed by atoms with E-state index in [0.29, 0.717) is 12.4 Å². The molecule has 10 nitrogen and oxygen atoms in total. The van der Waals surface area contributed by atoms with Gasteiger partial charge in [0.05, 0.1) is 13.2 Å². The Morgan fingerprint density at radius 1 is 0.865 bits per heavy atom. The third kappa shape index (κ3) is 11.9. The van der Waals surface area contributed by atoms with Crippen molar-refractivity contribution in [3.8, 4) is 5.75 Å². The maximum atomic E-state index is 12.8. The van der Waals surface area contributed by atoms with Gasteiger partial charge in [-0.3, -0.25) is 14.4 Å². The highest BCUT2D eigenvalue weighted by atomic mass is 16.6. The van der Waals surface area contributed by atoms with Crippen LogP contribution in [0.2, 0.25) is 0 Å². The largest absolute Gasteiger partial charge is 0.489 e. The molecule has 0 aliphatic heterocycles. The number of benzene rings is 2. The number of rotatable bonds is 12. The first kappa shape index (κ1) is 29.2. The van der Waals surface area contributed by atoms with Gasteiger partial charge < -0.3 is 30.2 Å². The molecule has 0 aliphatic rings. The first-order chi connectivity index (χ1) is 17.6. The van der Waals surface area contributed by atoms with Gasteiger partial charge in [-0.1, -0.05) is 42.5 Å². The van der Waals surface area contributed by atoms with E-state index in [1.54, 1.807) is 52.0 Å². The molecule has 0 saturated heterocycles. The van der Waals surface area contributed by atoms with E-state index >= 15 is 0 Å². The van der Waals surface area contributed by atoms with Crippen LogP contribution < -0.4 is 20.7 Å². The first-order valence-electron chi connectivity index (χ1n) is 12.0. The summed E-state index contributed by atoms with van der Waals surface area (Å²) in [6.07, 6.45) is -0.615. The van der Waals surface area contributed by atoms with Crippen molar-refractivity contribution < 1.29 is 33.4 Å². The zero-order valence-corrected chi connectivity index (χ0v) is 21.7. The lowest BCUT2D eigenvalue weighted by molar-refractivity contribution is -0.143. The van der Waals surface area contributed by atoms with Crippen LogP contribution in [0.3, 0.4) is 0 Å². The summed E-state index contributed by atoms with van der Waals surface area (Å²) in [5, 5.41) is 7.40. The zero-order chi connectivity index (χ0) is 27.3. The predicted molar refractivity (Wildman–Crippen MR) is 137 cm³/mol. The molecule has 2 rings (SSSR count). The summed E-state index contributed by atoms with van der Waals surface area (Å²) in [6.45, 7) is 6.73. The lowest BCUT2D eigenvalue weighted by Gasteiger charge is -2.23. The van der Waals surface area contributed by atoms with Gasteiger partial charge >= 0.3 is 12.1 Å². The average molecular weight is 514 g/mol. The number of amides is 3. The van der Waals surface area contributed by atoms with Crippen molar-refractivity contribution >= 4 is 23.9 Å². The first-order valence-corrected chi connectivity index (χ1v) is 12.0. The fourth-order valence-electron chi connectivity index (χ4n) is 3.09. The van der Waals surface area contributed by atoms with Crippen LogP contribution in [0.25, 0.3) is 0 Å². The minimum atomic E-state index is -1.01. The van der Waals surface area contributed by atoms with Crippen molar-refractivity contribution in [1.82, 2.24) is 16.0 Å². The minimum Gasteiger partial charge on any atom is -0.489 e. The fourth-order valence-corrected chi connectivity index (χ4v) is 3.09. The van der Waals surface area contributed by atoms with Gasteiger partial charge in [-0.15, -0.1) is 0 Å². The van der Waals surface area contributed by atoms with E-state index in [4.69, 9.17) is 14.2 Å². The summed E-state index contributed by atoms with van der Waals surface area (Å²) in [5.74, 6) is -1.08. The Morgan fingerprint density at radius 3 is 2.16 bits per heavy atom. The van der Waals surface area contributed by atoms with E-state index < -0.39 is 35.5 Å². The monoisotopic (exact) mass is 513 g/mol. The van der Waals surface area contributed by atoms with Crippen molar-refractivity contribution in [2.75, 3.05) is 19.7 Å². The van der Waals surface area contributed by atoms with Crippen LogP contribution in [0.15, 0.2) is 54.6 Å². The minimum absolute atomic E-state index is 0.147. The topological polar surface area (TPSA) is 132 Å². The molecule has 2 aromatic rings.